The molecule has 0 radical (unpaired) electrons. The van der Waals surface area contributed by atoms with Gasteiger partial charge in [0.05, 0.1) is 12.1 Å². The summed E-state index contributed by atoms with van der Waals surface area (Å²) in [7, 11) is 0. The van der Waals surface area contributed by atoms with Gasteiger partial charge in [-0.2, -0.15) is 5.26 Å². The van der Waals surface area contributed by atoms with Crippen LogP contribution in [-0.2, 0) is 0 Å². The van der Waals surface area contributed by atoms with Crippen LogP contribution in [-0.4, -0.2) is 18.4 Å². The van der Waals surface area contributed by atoms with Gasteiger partial charge in [-0.05, 0) is 18.2 Å². The molecule has 4 nitrogen and oxygen atoms in total. The van der Waals surface area contributed by atoms with Crippen LogP contribution >= 0.6 is 0 Å². The van der Waals surface area contributed by atoms with E-state index in [4.69, 9.17) is 11.0 Å². The number of rotatable bonds is 4. The van der Waals surface area contributed by atoms with Crippen molar-refractivity contribution in [3.05, 3.63) is 29.3 Å². The van der Waals surface area contributed by atoms with E-state index in [1.165, 1.54) is 6.07 Å². The molecule has 0 unspecified atom stereocenters. The molecule has 0 saturated carbocycles. The van der Waals surface area contributed by atoms with Crippen molar-refractivity contribution in [2.45, 2.75) is 19.9 Å². The number of nitrogen functional groups attached to an aromatic ring is 1. The Labute approximate surface area is 95.1 Å². The highest BCUT2D eigenvalue weighted by molar-refractivity contribution is 5.98. The van der Waals surface area contributed by atoms with Crippen molar-refractivity contribution in [1.29, 1.82) is 5.26 Å². The number of hydrogen-bond acceptors (Lipinski definition) is 4. The molecule has 3 N–H and O–H groups in total. The smallest absolute Gasteiger partial charge is 0.176 e. The minimum absolute atomic E-state index is 0.0369. The van der Waals surface area contributed by atoms with E-state index >= 15 is 0 Å². The summed E-state index contributed by atoms with van der Waals surface area (Å²) in [5.41, 5.74) is 6.83. The highest BCUT2D eigenvalue weighted by Crippen LogP contribution is 2.13. The molecule has 1 aromatic carbocycles. The van der Waals surface area contributed by atoms with E-state index in [0.717, 1.165) is 0 Å². The van der Waals surface area contributed by atoms with Crippen molar-refractivity contribution < 1.29 is 4.79 Å². The Balaban J connectivity index is 2.81. The molecule has 0 heterocycles. The lowest BCUT2D eigenvalue weighted by Crippen LogP contribution is -2.29. The SMILES string of the molecule is CC(C)NCC(=O)c1ccc(N)c(C#N)c1. The zero-order chi connectivity index (χ0) is 12.1. The summed E-state index contributed by atoms with van der Waals surface area (Å²) < 4.78 is 0. The molecule has 0 aromatic heterocycles. The number of anilines is 1. The number of benzene rings is 1. The normalized spacial score (nSPS) is 10.1. The molecule has 1 aromatic rings. The van der Waals surface area contributed by atoms with Gasteiger partial charge >= 0.3 is 0 Å². The van der Waals surface area contributed by atoms with Crippen LogP contribution in [0.1, 0.15) is 29.8 Å². The number of carbonyl (C=O) groups is 1. The lowest BCUT2D eigenvalue weighted by Gasteiger charge is -2.07. The first-order chi connectivity index (χ1) is 7.54. The van der Waals surface area contributed by atoms with Crippen LogP contribution < -0.4 is 11.1 Å². The van der Waals surface area contributed by atoms with E-state index in [-0.39, 0.29) is 18.4 Å². The number of nitrogens with one attached hydrogen (secondary N) is 1. The summed E-state index contributed by atoms with van der Waals surface area (Å²) in [5, 5.41) is 11.8. The fourth-order valence-corrected chi connectivity index (χ4v) is 1.23. The molecule has 84 valence electrons. The maximum absolute atomic E-state index is 11.7. The van der Waals surface area contributed by atoms with Crippen LogP contribution in [0.15, 0.2) is 18.2 Å². The Morgan fingerprint density at radius 3 is 2.81 bits per heavy atom. The summed E-state index contributed by atoms with van der Waals surface area (Å²) in [5.74, 6) is -0.0369. The minimum Gasteiger partial charge on any atom is -0.398 e. The molecule has 0 aliphatic heterocycles. The van der Waals surface area contributed by atoms with Gasteiger partial charge in [0, 0.05) is 17.3 Å². The summed E-state index contributed by atoms with van der Waals surface area (Å²) in [6.45, 7) is 4.21. The average molecular weight is 217 g/mol. The molecule has 0 aliphatic rings. The second kappa shape index (κ2) is 5.29. The summed E-state index contributed by atoms with van der Waals surface area (Å²) in [4.78, 5) is 11.7. The monoisotopic (exact) mass is 217 g/mol. The van der Waals surface area contributed by atoms with Crippen LogP contribution in [0.2, 0.25) is 0 Å². The van der Waals surface area contributed by atoms with E-state index in [1.54, 1.807) is 12.1 Å². The predicted molar refractivity (Wildman–Crippen MR) is 63.0 cm³/mol. The third kappa shape index (κ3) is 3.07. The summed E-state index contributed by atoms with van der Waals surface area (Å²) >= 11 is 0. The molecule has 0 spiro atoms. The van der Waals surface area contributed by atoms with E-state index in [1.807, 2.05) is 19.9 Å². The molecular weight excluding hydrogens is 202 g/mol. The topological polar surface area (TPSA) is 78.9 Å². The van der Waals surface area contributed by atoms with Crippen molar-refractivity contribution in [2.75, 3.05) is 12.3 Å². The van der Waals surface area contributed by atoms with Crippen LogP contribution in [0.25, 0.3) is 0 Å². The number of carbonyl (C=O) groups excluding carboxylic acids is 1. The zero-order valence-corrected chi connectivity index (χ0v) is 9.45. The van der Waals surface area contributed by atoms with E-state index < -0.39 is 0 Å². The van der Waals surface area contributed by atoms with Crippen molar-refractivity contribution in [1.82, 2.24) is 5.32 Å². The first-order valence-electron chi connectivity index (χ1n) is 5.10. The zero-order valence-electron chi connectivity index (χ0n) is 9.45. The quantitative estimate of drug-likeness (QED) is 0.589. The Bertz CT molecular complexity index is 432. The highest BCUT2D eigenvalue weighted by Gasteiger charge is 2.08. The van der Waals surface area contributed by atoms with E-state index in [2.05, 4.69) is 5.32 Å². The van der Waals surface area contributed by atoms with Crippen LogP contribution in [0, 0.1) is 11.3 Å². The molecule has 0 bridgehead atoms. The van der Waals surface area contributed by atoms with Crippen LogP contribution in [0.3, 0.4) is 0 Å². The van der Waals surface area contributed by atoms with Crippen LogP contribution in [0.5, 0.6) is 0 Å². The molecule has 0 amide bonds. The second-order valence-electron chi connectivity index (χ2n) is 3.87. The first-order valence-corrected chi connectivity index (χ1v) is 5.10. The standard InChI is InChI=1S/C12H15N3O/c1-8(2)15-7-12(16)9-3-4-11(14)10(5-9)6-13/h3-5,8,15H,7,14H2,1-2H3. The fourth-order valence-electron chi connectivity index (χ4n) is 1.23. The number of nitriles is 1. The van der Waals surface area contributed by atoms with Gasteiger partial charge in [0.2, 0.25) is 0 Å². The van der Waals surface area contributed by atoms with Gasteiger partial charge in [-0.1, -0.05) is 13.8 Å². The highest BCUT2D eigenvalue weighted by atomic mass is 16.1. The maximum Gasteiger partial charge on any atom is 0.176 e. The predicted octanol–water partition coefficient (Wildman–Crippen LogP) is 1.32. The number of nitrogens with zero attached hydrogens (tertiary/aromatic N) is 1. The molecule has 0 aliphatic carbocycles. The number of nitrogens with two attached hydrogens (primary N) is 1. The first kappa shape index (κ1) is 12.2. The van der Waals surface area contributed by atoms with E-state index in [9.17, 15) is 4.79 Å². The van der Waals surface area contributed by atoms with Crippen molar-refractivity contribution in [3.8, 4) is 6.07 Å². The van der Waals surface area contributed by atoms with Crippen LogP contribution in [0.4, 0.5) is 5.69 Å². The molecule has 0 fully saturated rings. The molecule has 1 rings (SSSR count). The fraction of sp³-hybridized carbons (Fsp3) is 0.333. The van der Waals surface area contributed by atoms with Crippen molar-refractivity contribution >= 4 is 11.5 Å². The average Bonchev–Trinajstić information content (AvgIpc) is 2.26. The Morgan fingerprint density at radius 2 is 2.25 bits per heavy atom. The summed E-state index contributed by atoms with van der Waals surface area (Å²) in [6, 6.07) is 6.97. The van der Waals surface area contributed by atoms with Gasteiger partial charge in [-0.3, -0.25) is 4.79 Å². The van der Waals surface area contributed by atoms with Gasteiger partial charge in [-0.25, -0.2) is 0 Å². The molecular formula is C12H15N3O. The largest absolute Gasteiger partial charge is 0.398 e. The van der Waals surface area contributed by atoms with Crippen molar-refractivity contribution in [3.63, 3.8) is 0 Å². The molecule has 4 heteroatoms. The van der Waals surface area contributed by atoms with Gasteiger partial charge in [0.25, 0.3) is 0 Å². The molecule has 16 heavy (non-hydrogen) atoms. The lowest BCUT2D eigenvalue weighted by atomic mass is 10.1. The minimum atomic E-state index is -0.0369. The number of hydrogen-bond donors (Lipinski definition) is 2. The second-order valence-corrected chi connectivity index (χ2v) is 3.87. The summed E-state index contributed by atoms with van der Waals surface area (Å²) in [6.07, 6.45) is 0. The number of Topliss-reactive ketones (excluding diaryl/α,β-unsaturated/α-hetero) is 1. The Kier molecular flexibility index (Phi) is 4.03. The van der Waals surface area contributed by atoms with Gasteiger partial charge in [-0.15, -0.1) is 0 Å². The van der Waals surface area contributed by atoms with Gasteiger partial charge < -0.3 is 11.1 Å². The third-order valence-electron chi connectivity index (χ3n) is 2.17. The maximum atomic E-state index is 11.7. The number of ketones is 1. The van der Waals surface area contributed by atoms with E-state index in [0.29, 0.717) is 16.8 Å². The molecule has 0 atom stereocenters. The Hall–Kier alpha value is -1.86. The lowest BCUT2D eigenvalue weighted by molar-refractivity contribution is 0.0988. The van der Waals surface area contributed by atoms with Crippen molar-refractivity contribution in [2.24, 2.45) is 0 Å². The molecule has 0 saturated heterocycles. The van der Waals surface area contributed by atoms with Gasteiger partial charge in [0.1, 0.15) is 6.07 Å². The third-order valence-corrected chi connectivity index (χ3v) is 2.17. The van der Waals surface area contributed by atoms with Gasteiger partial charge in [0.15, 0.2) is 5.78 Å². The Morgan fingerprint density at radius 1 is 1.56 bits per heavy atom.